The van der Waals surface area contributed by atoms with Gasteiger partial charge in [-0.05, 0) is 57.7 Å². The van der Waals surface area contributed by atoms with Gasteiger partial charge in [-0.1, -0.05) is 0 Å². The molecule has 0 spiro atoms. The van der Waals surface area contributed by atoms with Gasteiger partial charge in [0.2, 0.25) is 0 Å². The topological polar surface area (TPSA) is 82.1 Å². The number of thioether (sulfide) groups is 1. The summed E-state index contributed by atoms with van der Waals surface area (Å²) in [5.41, 5.74) is 0.648. The summed E-state index contributed by atoms with van der Waals surface area (Å²) in [6.45, 7) is 8.02. The Morgan fingerprint density at radius 3 is 2.48 bits per heavy atom. The summed E-state index contributed by atoms with van der Waals surface area (Å²) in [5, 5.41) is -0.504. The third-order valence-corrected chi connectivity index (χ3v) is 4.60. The van der Waals surface area contributed by atoms with E-state index in [-0.39, 0.29) is 11.5 Å². The summed E-state index contributed by atoms with van der Waals surface area (Å²) < 4.78 is 16.0. The van der Waals surface area contributed by atoms with Gasteiger partial charge in [-0.2, -0.15) is 0 Å². The standard InChI is InChI=1S/C19H23NO6S/c1-5-24-14-9-8-13(15(11-14)25-6-2)10-16-17(21)20(19(23)27-16)12(4)18(22)26-7-3/h8-12H,5-7H2,1-4H3/b16-10+/t12-/m0/s1. The Labute approximate surface area is 162 Å². The lowest BCUT2D eigenvalue weighted by molar-refractivity contribution is -0.150. The fraction of sp³-hybridized carbons (Fsp3) is 0.421. The molecular weight excluding hydrogens is 370 g/mol. The van der Waals surface area contributed by atoms with Crippen LogP contribution in [0.25, 0.3) is 6.08 Å². The number of carbonyl (C=O) groups excluding carboxylic acids is 3. The van der Waals surface area contributed by atoms with Crippen molar-refractivity contribution in [2.24, 2.45) is 0 Å². The Balaban J connectivity index is 2.30. The summed E-state index contributed by atoms with van der Waals surface area (Å²) >= 11 is 0.786. The van der Waals surface area contributed by atoms with Gasteiger partial charge in [0.15, 0.2) is 0 Å². The van der Waals surface area contributed by atoms with Crippen molar-refractivity contribution >= 4 is 35.0 Å². The first-order valence-corrected chi connectivity index (χ1v) is 9.57. The molecule has 0 bridgehead atoms. The van der Waals surface area contributed by atoms with E-state index in [2.05, 4.69) is 0 Å². The van der Waals surface area contributed by atoms with Gasteiger partial charge in [-0.3, -0.25) is 14.5 Å². The molecule has 0 N–H and O–H groups in total. The summed E-state index contributed by atoms with van der Waals surface area (Å²) in [4.78, 5) is 37.9. The first kappa shape index (κ1) is 20.8. The normalized spacial score (nSPS) is 16.6. The molecule has 1 atom stereocenters. The summed E-state index contributed by atoms with van der Waals surface area (Å²) in [6, 6.07) is 4.29. The van der Waals surface area contributed by atoms with Crippen LogP contribution in [0.2, 0.25) is 0 Å². The number of hydrogen-bond acceptors (Lipinski definition) is 7. The van der Waals surface area contributed by atoms with Gasteiger partial charge < -0.3 is 14.2 Å². The quantitative estimate of drug-likeness (QED) is 0.494. The predicted molar refractivity (Wildman–Crippen MR) is 103 cm³/mol. The van der Waals surface area contributed by atoms with Gasteiger partial charge in [0, 0.05) is 11.6 Å². The minimum absolute atomic E-state index is 0.180. The molecule has 8 heteroatoms. The van der Waals surface area contributed by atoms with Crippen LogP contribution in [-0.4, -0.2) is 47.9 Å². The van der Waals surface area contributed by atoms with E-state index in [4.69, 9.17) is 14.2 Å². The molecule has 0 unspecified atom stereocenters. The highest BCUT2D eigenvalue weighted by atomic mass is 32.2. The van der Waals surface area contributed by atoms with Gasteiger partial charge in [0.1, 0.15) is 17.5 Å². The van der Waals surface area contributed by atoms with E-state index < -0.39 is 23.2 Å². The molecule has 1 heterocycles. The number of esters is 1. The molecular formula is C19H23NO6S. The van der Waals surface area contributed by atoms with Crippen molar-refractivity contribution in [3.8, 4) is 11.5 Å². The van der Waals surface area contributed by atoms with E-state index in [9.17, 15) is 14.4 Å². The summed E-state index contributed by atoms with van der Waals surface area (Å²) in [7, 11) is 0. The van der Waals surface area contributed by atoms with Crippen LogP contribution < -0.4 is 9.47 Å². The average molecular weight is 393 g/mol. The molecule has 0 saturated carbocycles. The number of benzene rings is 1. The number of nitrogens with zero attached hydrogens (tertiary/aromatic N) is 1. The Morgan fingerprint density at radius 1 is 1.15 bits per heavy atom. The molecule has 1 aromatic carbocycles. The minimum Gasteiger partial charge on any atom is -0.494 e. The first-order valence-electron chi connectivity index (χ1n) is 8.76. The number of carbonyl (C=O) groups is 3. The maximum Gasteiger partial charge on any atom is 0.329 e. The van der Waals surface area contributed by atoms with Crippen LogP contribution in [-0.2, 0) is 14.3 Å². The van der Waals surface area contributed by atoms with E-state index in [1.165, 1.54) is 6.92 Å². The number of hydrogen-bond donors (Lipinski definition) is 0. The number of imide groups is 1. The van der Waals surface area contributed by atoms with Crippen molar-refractivity contribution < 1.29 is 28.6 Å². The zero-order chi connectivity index (χ0) is 20.0. The SMILES string of the molecule is CCOC(=O)[C@H](C)N1C(=O)S/C(=C/c2ccc(OCC)cc2OCC)C1=O. The molecule has 2 amide bonds. The molecule has 1 fully saturated rings. The fourth-order valence-corrected chi connectivity index (χ4v) is 3.39. The second kappa shape index (κ2) is 9.45. The average Bonchev–Trinajstić information content (AvgIpc) is 2.91. The van der Waals surface area contributed by atoms with Crippen LogP contribution >= 0.6 is 11.8 Å². The van der Waals surface area contributed by atoms with Crippen molar-refractivity contribution in [3.63, 3.8) is 0 Å². The molecule has 1 aliphatic rings. The predicted octanol–water partition coefficient (Wildman–Crippen LogP) is 3.47. The highest BCUT2D eigenvalue weighted by Crippen LogP contribution is 2.36. The van der Waals surface area contributed by atoms with Crippen LogP contribution in [0.5, 0.6) is 11.5 Å². The van der Waals surface area contributed by atoms with Crippen molar-refractivity contribution in [1.29, 1.82) is 0 Å². The molecule has 0 aromatic heterocycles. The summed E-state index contributed by atoms with van der Waals surface area (Å²) in [5.74, 6) is 0.0647. The zero-order valence-corrected chi connectivity index (χ0v) is 16.6. The van der Waals surface area contributed by atoms with Crippen molar-refractivity contribution in [1.82, 2.24) is 4.90 Å². The fourth-order valence-electron chi connectivity index (χ4n) is 2.49. The molecule has 7 nitrogen and oxygen atoms in total. The number of rotatable bonds is 8. The second-order valence-electron chi connectivity index (χ2n) is 5.55. The molecule has 1 saturated heterocycles. The molecule has 0 radical (unpaired) electrons. The Hall–Kier alpha value is -2.48. The van der Waals surface area contributed by atoms with E-state index >= 15 is 0 Å². The lowest BCUT2D eigenvalue weighted by Crippen LogP contribution is -2.42. The van der Waals surface area contributed by atoms with Gasteiger partial charge in [0.05, 0.1) is 24.7 Å². The Kier molecular flexibility index (Phi) is 7.29. The lowest BCUT2D eigenvalue weighted by atomic mass is 10.1. The van der Waals surface area contributed by atoms with Crippen molar-refractivity contribution in [3.05, 3.63) is 28.7 Å². The number of ether oxygens (including phenoxy) is 3. The molecule has 0 aliphatic carbocycles. The van der Waals surface area contributed by atoms with Gasteiger partial charge in [-0.15, -0.1) is 0 Å². The Bertz CT molecular complexity index is 761. The Morgan fingerprint density at radius 2 is 1.85 bits per heavy atom. The third-order valence-electron chi connectivity index (χ3n) is 3.72. The van der Waals surface area contributed by atoms with Crippen LogP contribution in [0.3, 0.4) is 0 Å². The molecule has 1 aliphatic heterocycles. The minimum atomic E-state index is -0.977. The van der Waals surface area contributed by atoms with Gasteiger partial charge in [-0.25, -0.2) is 4.79 Å². The monoisotopic (exact) mass is 393 g/mol. The highest BCUT2D eigenvalue weighted by molar-refractivity contribution is 8.18. The summed E-state index contributed by atoms with van der Waals surface area (Å²) in [6.07, 6.45) is 1.59. The van der Waals surface area contributed by atoms with E-state index in [1.54, 1.807) is 31.2 Å². The zero-order valence-electron chi connectivity index (χ0n) is 15.8. The number of amides is 2. The van der Waals surface area contributed by atoms with Crippen LogP contribution in [0.15, 0.2) is 23.1 Å². The molecule has 2 rings (SSSR count). The van der Waals surface area contributed by atoms with E-state index in [0.717, 1.165) is 16.7 Å². The molecule has 27 heavy (non-hydrogen) atoms. The lowest BCUT2D eigenvalue weighted by Gasteiger charge is -2.19. The first-order chi connectivity index (χ1) is 12.9. The van der Waals surface area contributed by atoms with Crippen molar-refractivity contribution in [2.45, 2.75) is 33.7 Å². The smallest absolute Gasteiger partial charge is 0.329 e. The highest BCUT2D eigenvalue weighted by Gasteiger charge is 2.41. The van der Waals surface area contributed by atoms with Crippen LogP contribution in [0.4, 0.5) is 4.79 Å². The van der Waals surface area contributed by atoms with Gasteiger partial charge >= 0.3 is 5.97 Å². The molecule has 1 aromatic rings. The van der Waals surface area contributed by atoms with E-state index in [1.807, 2.05) is 13.8 Å². The van der Waals surface area contributed by atoms with Gasteiger partial charge in [0.25, 0.3) is 11.1 Å². The van der Waals surface area contributed by atoms with Crippen LogP contribution in [0.1, 0.15) is 33.3 Å². The maximum absolute atomic E-state index is 12.7. The largest absolute Gasteiger partial charge is 0.494 e. The van der Waals surface area contributed by atoms with E-state index in [0.29, 0.717) is 30.3 Å². The molecule has 146 valence electrons. The van der Waals surface area contributed by atoms with Crippen molar-refractivity contribution in [2.75, 3.05) is 19.8 Å². The van der Waals surface area contributed by atoms with Crippen LogP contribution in [0, 0.1) is 0 Å². The maximum atomic E-state index is 12.7. The second-order valence-corrected chi connectivity index (χ2v) is 6.54. The third kappa shape index (κ3) is 4.82.